The van der Waals surface area contributed by atoms with Crippen LogP contribution in [0.4, 0.5) is 0 Å². The zero-order valence-corrected chi connectivity index (χ0v) is 10.4. The molecule has 0 atom stereocenters. The third-order valence-electron chi connectivity index (χ3n) is 1.98. The number of rotatable bonds is 6. The highest BCUT2D eigenvalue weighted by Crippen LogP contribution is 2.19. The summed E-state index contributed by atoms with van der Waals surface area (Å²) in [5.74, 6) is 0. The molecule has 1 aromatic heterocycles. The molecule has 0 unspecified atom stereocenters. The first-order valence-electron chi connectivity index (χ1n) is 5.08. The molecule has 14 heavy (non-hydrogen) atoms. The number of thiazole rings is 1. The molecule has 0 N–H and O–H groups in total. The first-order valence-corrected chi connectivity index (χ1v) is 6.28. The fourth-order valence-corrected chi connectivity index (χ4v) is 2.50. The zero-order chi connectivity index (χ0) is 10.4. The number of hydrogen-bond acceptors (Lipinski definition) is 3. The Morgan fingerprint density at radius 2 is 2.00 bits per heavy atom. The molecule has 1 heterocycles. The first kappa shape index (κ1) is 12.0. The number of hydrogen-bond donors (Lipinski definition) is 0. The molecule has 0 aliphatic heterocycles. The summed E-state index contributed by atoms with van der Waals surface area (Å²) in [6.07, 6.45) is 4.28. The molecule has 0 bridgehead atoms. The molecule has 0 saturated carbocycles. The number of halogens is 1. The fraction of sp³-hybridized carbons (Fsp3) is 0.700. The van der Waals surface area contributed by atoms with Gasteiger partial charge in [0, 0.05) is 17.6 Å². The second kappa shape index (κ2) is 6.38. The van der Waals surface area contributed by atoms with Crippen molar-refractivity contribution in [3.05, 3.63) is 15.5 Å². The maximum absolute atomic E-state index is 5.79. The van der Waals surface area contributed by atoms with Crippen molar-refractivity contribution in [1.29, 1.82) is 0 Å². The Morgan fingerprint density at radius 3 is 2.43 bits per heavy atom. The molecule has 80 valence electrons. The fourth-order valence-electron chi connectivity index (χ4n) is 1.48. The Bertz CT molecular complexity index is 256. The SMILES string of the molecule is CCCN(CCC)Cc1cnc(Cl)s1. The first-order chi connectivity index (χ1) is 6.76. The van der Waals surface area contributed by atoms with E-state index in [0.29, 0.717) is 4.47 Å². The summed E-state index contributed by atoms with van der Waals surface area (Å²) < 4.78 is 0.646. The van der Waals surface area contributed by atoms with Gasteiger partial charge in [-0.2, -0.15) is 0 Å². The lowest BCUT2D eigenvalue weighted by Crippen LogP contribution is -2.24. The van der Waals surface area contributed by atoms with Crippen LogP contribution in [0.15, 0.2) is 6.20 Å². The van der Waals surface area contributed by atoms with Crippen molar-refractivity contribution >= 4 is 22.9 Å². The van der Waals surface area contributed by atoms with Gasteiger partial charge >= 0.3 is 0 Å². The Kier molecular flexibility index (Phi) is 5.45. The molecule has 4 heteroatoms. The topological polar surface area (TPSA) is 16.1 Å². The van der Waals surface area contributed by atoms with Crippen LogP contribution in [0, 0.1) is 0 Å². The normalized spacial score (nSPS) is 11.1. The van der Waals surface area contributed by atoms with Crippen molar-refractivity contribution < 1.29 is 0 Å². The highest BCUT2D eigenvalue weighted by molar-refractivity contribution is 7.15. The highest BCUT2D eigenvalue weighted by Gasteiger charge is 2.06. The van der Waals surface area contributed by atoms with Gasteiger partial charge in [0.25, 0.3) is 0 Å². The lowest BCUT2D eigenvalue weighted by Gasteiger charge is -2.19. The molecule has 1 aromatic rings. The minimum atomic E-state index is 0.646. The minimum absolute atomic E-state index is 0.646. The van der Waals surface area contributed by atoms with Crippen molar-refractivity contribution in [3.8, 4) is 0 Å². The van der Waals surface area contributed by atoms with Crippen molar-refractivity contribution in [2.75, 3.05) is 13.1 Å². The van der Waals surface area contributed by atoms with E-state index >= 15 is 0 Å². The van der Waals surface area contributed by atoms with Crippen LogP contribution < -0.4 is 0 Å². The third kappa shape index (κ3) is 3.95. The summed E-state index contributed by atoms with van der Waals surface area (Å²) in [6, 6.07) is 0. The average molecular weight is 233 g/mol. The van der Waals surface area contributed by atoms with E-state index in [4.69, 9.17) is 11.6 Å². The lowest BCUT2D eigenvalue weighted by molar-refractivity contribution is 0.268. The van der Waals surface area contributed by atoms with Gasteiger partial charge < -0.3 is 0 Å². The van der Waals surface area contributed by atoms with Crippen molar-refractivity contribution in [2.45, 2.75) is 33.2 Å². The van der Waals surface area contributed by atoms with Crippen LogP contribution in [0.1, 0.15) is 31.6 Å². The van der Waals surface area contributed by atoms with Gasteiger partial charge in [0.1, 0.15) is 0 Å². The molecule has 0 fully saturated rings. The van der Waals surface area contributed by atoms with Gasteiger partial charge in [0.05, 0.1) is 0 Å². The van der Waals surface area contributed by atoms with Crippen LogP contribution in [0.5, 0.6) is 0 Å². The number of nitrogens with zero attached hydrogens (tertiary/aromatic N) is 2. The summed E-state index contributed by atoms with van der Waals surface area (Å²) in [5, 5.41) is 0. The average Bonchev–Trinajstić information content (AvgIpc) is 2.52. The van der Waals surface area contributed by atoms with E-state index in [1.54, 1.807) is 11.3 Å². The zero-order valence-electron chi connectivity index (χ0n) is 8.79. The molecular weight excluding hydrogens is 216 g/mol. The van der Waals surface area contributed by atoms with Crippen LogP contribution >= 0.6 is 22.9 Å². The second-order valence-electron chi connectivity index (χ2n) is 3.36. The third-order valence-corrected chi connectivity index (χ3v) is 3.08. The van der Waals surface area contributed by atoms with Crippen molar-refractivity contribution in [3.63, 3.8) is 0 Å². The van der Waals surface area contributed by atoms with E-state index in [9.17, 15) is 0 Å². The highest BCUT2D eigenvalue weighted by atomic mass is 35.5. The maximum Gasteiger partial charge on any atom is 0.183 e. The van der Waals surface area contributed by atoms with Crippen molar-refractivity contribution in [2.24, 2.45) is 0 Å². The standard InChI is InChI=1S/C10H17ClN2S/c1-3-5-13(6-4-2)8-9-7-12-10(11)14-9/h7H,3-6,8H2,1-2H3. The molecule has 2 nitrogen and oxygen atoms in total. The predicted octanol–water partition coefficient (Wildman–Crippen LogP) is 3.42. The van der Waals surface area contributed by atoms with Gasteiger partial charge in [-0.3, -0.25) is 4.90 Å². The molecule has 0 amide bonds. The minimum Gasteiger partial charge on any atom is -0.298 e. The van der Waals surface area contributed by atoms with Crippen LogP contribution in [0.2, 0.25) is 4.47 Å². The summed E-state index contributed by atoms with van der Waals surface area (Å²) in [4.78, 5) is 7.76. The number of aromatic nitrogens is 1. The van der Waals surface area contributed by atoms with E-state index in [1.807, 2.05) is 6.20 Å². The van der Waals surface area contributed by atoms with E-state index in [0.717, 1.165) is 19.6 Å². The molecule has 0 aromatic carbocycles. The van der Waals surface area contributed by atoms with E-state index in [2.05, 4.69) is 23.7 Å². The molecule has 0 saturated heterocycles. The van der Waals surface area contributed by atoms with E-state index in [-0.39, 0.29) is 0 Å². The largest absolute Gasteiger partial charge is 0.298 e. The Balaban J connectivity index is 2.46. The van der Waals surface area contributed by atoms with Gasteiger partial charge in [-0.05, 0) is 25.9 Å². The van der Waals surface area contributed by atoms with Crippen LogP contribution in [-0.4, -0.2) is 23.0 Å². The van der Waals surface area contributed by atoms with Crippen LogP contribution in [0.25, 0.3) is 0 Å². The van der Waals surface area contributed by atoms with Gasteiger partial charge in [-0.1, -0.05) is 25.4 Å². The summed E-state index contributed by atoms with van der Waals surface area (Å²) >= 11 is 7.37. The van der Waals surface area contributed by atoms with Gasteiger partial charge in [0.15, 0.2) is 4.47 Å². The van der Waals surface area contributed by atoms with Gasteiger partial charge in [-0.25, -0.2) is 4.98 Å². The van der Waals surface area contributed by atoms with Crippen molar-refractivity contribution in [1.82, 2.24) is 9.88 Å². The Hall–Kier alpha value is -0.120. The monoisotopic (exact) mass is 232 g/mol. The van der Waals surface area contributed by atoms with Gasteiger partial charge in [-0.15, -0.1) is 11.3 Å². The molecule has 0 aliphatic rings. The quantitative estimate of drug-likeness (QED) is 0.747. The molecule has 0 radical (unpaired) electrons. The maximum atomic E-state index is 5.79. The summed E-state index contributed by atoms with van der Waals surface area (Å²) in [5.41, 5.74) is 0. The molecule has 0 aliphatic carbocycles. The molecule has 1 rings (SSSR count). The smallest absolute Gasteiger partial charge is 0.183 e. The molecular formula is C10H17ClN2S. The Labute approximate surface area is 94.9 Å². The Morgan fingerprint density at radius 1 is 1.36 bits per heavy atom. The van der Waals surface area contributed by atoms with E-state index in [1.165, 1.54) is 17.7 Å². The second-order valence-corrected chi connectivity index (χ2v) is 5.05. The predicted molar refractivity (Wildman–Crippen MR) is 63.0 cm³/mol. The lowest BCUT2D eigenvalue weighted by atomic mass is 10.3. The van der Waals surface area contributed by atoms with Crippen LogP contribution in [-0.2, 0) is 6.54 Å². The van der Waals surface area contributed by atoms with Crippen LogP contribution in [0.3, 0.4) is 0 Å². The van der Waals surface area contributed by atoms with Gasteiger partial charge in [0.2, 0.25) is 0 Å². The summed E-state index contributed by atoms with van der Waals surface area (Å²) in [7, 11) is 0. The van der Waals surface area contributed by atoms with E-state index < -0.39 is 0 Å². The molecule has 0 spiro atoms. The summed E-state index contributed by atoms with van der Waals surface area (Å²) in [6.45, 7) is 7.73.